The maximum Gasteiger partial charge on any atom is 0.312 e. The van der Waals surface area contributed by atoms with Gasteiger partial charge in [0, 0.05) is 16.0 Å². The van der Waals surface area contributed by atoms with Crippen molar-refractivity contribution >= 4 is 56.7 Å². The summed E-state index contributed by atoms with van der Waals surface area (Å²) in [6.07, 6.45) is 2.55. The van der Waals surface area contributed by atoms with Crippen LogP contribution < -0.4 is 16.5 Å². The predicted octanol–water partition coefficient (Wildman–Crippen LogP) is 2.07. The number of fused-ring (bicyclic) bond motifs is 1. The van der Waals surface area contributed by atoms with E-state index >= 15 is 0 Å². The minimum Gasteiger partial charge on any atom is -0.448 e. The van der Waals surface area contributed by atoms with Crippen LogP contribution in [0.4, 0.5) is 15.8 Å². The Morgan fingerprint density at radius 3 is 2.82 bits per heavy atom. The van der Waals surface area contributed by atoms with Crippen molar-refractivity contribution in [2.75, 3.05) is 18.5 Å². The molecule has 28 heavy (non-hydrogen) atoms. The lowest BCUT2D eigenvalue weighted by molar-refractivity contribution is 0.0152. The average molecular weight is 500 g/mol. The zero-order chi connectivity index (χ0) is 20.3. The Morgan fingerprint density at radius 1 is 1.36 bits per heavy atom. The number of rotatable bonds is 7. The molecule has 0 atom stereocenters. The smallest absolute Gasteiger partial charge is 0.312 e. The van der Waals surface area contributed by atoms with E-state index in [-0.39, 0.29) is 46.9 Å². The fraction of sp³-hybridized carbons (Fsp3) is 0.118. The minimum atomic E-state index is -0.812. The standard InChI is InChI=1S/C17H14FIN4O5/c18-11-5-8(19)1-2-12(11)22-13-9-6-21-7-10(16(20)25)14(9)28-15(13)17(26)23-27-4-3-24/h1-2,5-7,22,24H,3-4H2,(H2,20,25)(H,23,26). The normalized spacial score (nSPS) is 10.8. The number of aliphatic hydroxyl groups is 1. The second-order valence-corrected chi connectivity index (χ2v) is 6.73. The Kier molecular flexibility index (Phi) is 6.06. The van der Waals surface area contributed by atoms with E-state index in [1.165, 1.54) is 24.5 Å². The Morgan fingerprint density at radius 2 is 2.14 bits per heavy atom. The Balaban J connectivity index is 2.11. The molecule has 9 nitrogen and oxygen atoms in total. The van der Waals surface area contributed by atoms with Gasteiger partial charge in [-0.25, -0.2) is 9.87 Å². The van der Waals surface area contributed by atoms with Crippen LogP contribution in [0, 0.1) is 9.39 Å². The number of nitrogens with one attached hydrogen (secondary N) is 2. The lowest BCUT2D eigenvalue weighted by Gasteiger charge is -2.09. The van der Waals surface area contributed by atoms with E-state index < -0.39 is 17.6 Å². The van der Waals surface area contributed by atoms with Crippen LogP contribution in [-0.4, -0.2) is 35.1 Å². The van der Waals surface area contributed by atoms with Gasteiger partial charge in [-0.05, 0) is 40.8 Å². The number of carbonyl (C=O) groups is 2. The molecule has 5 N–H and O–H groups in total. The Hall–Kier alpha value is -2.77. The number of hydrogen-bond acceptors (Lipinski definition) is 7. The third kappa shape index (κ3) is 4.05. The Bertz CT molecular complexity index is 1060. The fourth-order valence-electron chi connectivity index (χ4n) is 2.41. The van der Waals surface area contributed by atoms with E-state index in [0.717, 1.165) is 0 Å². The van der Waals surface area contributed by atoms with Crippen molar-refractivity contribution in [2.45, 2.75) is 0 Å². The van der Waals surface area contributed by atoms with Gasteiger partial charge < -0.3 is 20.6 Å². The van der Waals surface area contributed by atoms with E-state index in [9.17, 15) is 14.0 Å². The second kappa shape index (κ2) is 8.50. The van der Waals surface area contributed by atoms with Crippen molar-refractivity contribution in [3.8, 4) is 0 Å². The summed E-state index contributed by atoms with van der Waals surface area (Å²) in [4.78, 5) is 32.8. The van der Waals surface area contributed by atoms with Crippen LogP contribution in [0.5, 0.6) is 0 Å². The molecule has 2 heterocycles. The van der Waals surface area contributed by atoms with E-state index in [2.05, 4.69) is 15.8 Å². The van der Waals surface area contributed by atoms with E-state index in [1.807, 2.05) is 22.6 Å². The van der Waals surface area contributed by atoms with E-state index in [0.29, 0.717) is 3.57 Å². The summed E-state index contributed by atoms with van der Waals surface area (Å²) in [6.45, 7) is -0.455. The second-order valence-electron chi connectivity index (χ2n) is 5.49. The van der Waals surface area contributed by atoms with Gasteiger partial charge in [0.1, 0.15) is 17.1 Å². The summed E-state index contributed by atoms with van der Waals surface area (Å²) in [5.41, 5.74) is 7.56. The highest BCUT2D eigenvalue weighted by Gasteiger charge is 2.25. The van der Waals surface area contributed by atoms with Crippen LogP contribution in [-0.2, 0) is 4.84 Å². The summed E-state index contributed by atoms with van der Waals surface area (Å²) in [5.74, 6) is -2.44. The highest BCUT2D eigenvalue weighted by Crippen LogP contribution is 2.35. The number of benzene rings is 1. The third-order valence-corrected chi connectivity index (χ3v) is 4.29. The molecule has 0 saturated carbocycles. The SMILES string of the molecule is NC(=O)c1cncc2c(Nc3ccc(I)cc3F)c(C(=O)NOCCO)oc12. The molecule has 0 aliphatic carbocycles. The molecule has 0 aliphatic heterocycles. The first-order valence-corrected chi connectivity index (χ1v) is 8.95. The molecule has 0 aliphatic rings. The molecule has 3 aromatic rings. The van der Waals surface area contributed by atoms with Gasteiger partial charge in [0.05, 0.1) is 24.3 Å². The summed E-state index contributed by atoms with van der Waals surface area (Å²) in [5, 5.41) is 11.8. The number of nitrogens with two attached hydrogens (primary N) is 1. The molecule has 2 amide bonds. The number of halogens is 2. The number of furan rings is 1. The molecular formula is C17H14FIN4O5. The lowest BCUT2D eigenvalue weighted by atomic mass is 10.2. The lowest BCUT2D eigenvalue weighted by Crippen LogP contribution is -2.25. The molecule has 0 unspecified atom stereocenters. The van der Waals surface area contributed by atoms with Crippen LogP contribution >= 0.6 is 22.6 Å². The van der Waals surface area contributed by atoms with Gasteiger partial charge in [-0.3, -0.25) is 19.4 Å². The zero-order valence-corrected chi connectivity index (χ0v) is 16.3. The van der Waals surface area contributed by atoms with Gasteiger partial charge in [-0.1, -0.05) is 0 Å². The van der Waals surface area contributed by atoms with Gasteiger partial charge in [0.15, 0.2) is 5.58 Å². The topological polar surface area (TPSA) is 140 Å². The largest absolute Gasteiger partial charge is 0.448 e. The summed E-state index contributed by atoms with van der Waals surface area (Å²) < 4.78 is 20.5. The molecule has 0 saturated heterocycles. The van der Waals surface area contributed by atoms with Crippen molar-refractivity contribution < 1.29 is 28.3 Å². The monoisotopic (exact) mass is 500 g/mol. The van der Waals surface area contributed by atoms with E-state index in [4.69, 9.17) is 20.1 Å². The predicted molar refractivity (Wildman–Crippen MR) is 105 cm³/mol. The van der Waals surface area contributed by atoms with E-state index in [1.54, 1.807) is 6.07 Å². The molecule has 0 spiro atoms. The molecule has 146 valence electrons. The van der Waals surface area contributed by atoms with Gasteiger partial charge >= 0.3 is 5.91 Å². The van der Waals surface area contributed by atoms with Crippen molar-refractivity contribution in [1.29, 1.82) is 0 Å². The first kappa shape index (κ1) is 20.0. The zero-order valence-electron chi connectivity index (χ0n) is 14.2. The first-order chi connectivity index (χ1) is 13.4. The van der Waals surface area contributed by atoms with Gasteiger partial charge in [-0.2, -0.15) is 0 Å². The fourth-order valence-corrected chi connectivity index (χ4v) is 2.86. The van der Waals surface area contributed by atoms with Gasteiger partial charge in [0.25, 0.3) is 5.91 Å². The summed E-state index contributed by atoms with van der Waals surface area (Å²) in [7, 11) is 0. The summed E-state index contributed by atoms with van der Waals surface area (Å²) in [6, 6.07) is 4.47. The number of aliphatic hydroxyl groups excluding tert-OH is 1. The Labute approximate surface area is 171 Å². The number of nitrogens with zero attached hydrogens (tertiary/aromatic N) is 1. The molecule has 0 fully saturated rings. The van der Waals surface area contributed by atoms with Crippen LogP contribution in [0.15, 0.2) is 35.0 Å². The number of anilines is 2. The van der Waals surface area contributed by atoms with Gasteiger partial charge in [-0.15, -0.1) is 0 Å². The number of hydrogen-bond donors (Lipinski definition) is 4. The van der Waals surface area contributed by atoms with Crippen molar-refractivity contribution in [3.63, 3.8) is 0 Å². The quantitative estimate of drug-likeness (QED) is 0.221. The molecule has 0 bridgehead atoms. The molecule has 1 aromatic carbocycles. The summed E-state index contributed by atoms with van der Waals surface area (Å²) >= 11 is 1.96. The molecule has 0 radical (unpaired) electrons. The number of amides is 2. The maximum absolute atomic E-state index is 14.3. The van der Waals surface area contributed by atoms with Crippen LogP contribution in [0.25, 0.3) is 11.0 Å². The number of primary amides is 1. The average Bonchev–Trinajstić information content (AvgIpc) is 3.02. The van der Waals surface area contributed by atoms with Crippen LogP contribution in [0.1, 0.15) is 20.9 Å². The van der Waals surface area contributed by atoms with Crippen molar-refractivity contribution in [2.24, 2.45) is 5.73 Å². The van der Waals surface area contributed by atoms with Crippen LogP contribution in [0.2, 0.25) is 0 Å². The third-order valence-electron chi connectivity index (χ3n) is 3.62. The first-order valence-electron chi connectivity index (χ1n) is 7.87. The highest BCUT2D eigenvalue weighted by atomic mass is 127. The molecule has 2 aromatic heterocycles. The minimum absolute atomic E-state index is 0.0169. The highest BCUT2D eigenvalue weighted by molar-refractivity contribution is 14.1. The van der Waals surface area contributed by atoms with Crippen LogP contribution in [0.3, 0.4) is 0 Å². The maximum atomic E-state index is 14.3. The number of carbonyl (C=O) groups excluding carboxylic acids is 2. The van der Waals surface area contributed by atoms with Crippen molar-refractivity contribution in [1.82, 2.24) is 10.5 Å². The number of hydroxylamine groups is 1. The molecule has 11 heteroatoms. The number of aromatic nitrogens is 1. The molecule has 3 rings (SSSR count). The van der Waals surface area contributed by atoms with Crippen molar-refractivity contribution in [3.05, 3.63) is 51.3 Å². The number of pyridine rings is 1. The van der Waals surface area contributed by atoms with Gasteiger partial charge in [0.2, 0.25) is 5.76 Å². The molecular weight excluding hydrogens is 486 g/mol.